The van der Waals surface area contributed by atoms with Crippen LogP contribution in [0, 0.1) is 11.3 Å². The van der Waals surface area contributed by atoms with E-state index in [0.29, 0.717) is 12.3 Å². The molecule has 1 aromatic heterocycles. The molecule has 0 spiro atoms. The maximum Gasteiger partial charge on any atom is 0.309 e. The topological polar surface area (TPSA) is 50.2 Å². The predicted octanol–water partition coefficient (Wildman–Crippen LogP) is 2.12. The highest BCUT2D eigenvalue weighted by Gasteiger charge is 2.47. The molecule has 1 aromatic rings. The van der Waals surface area contributed by atoms with Gasteiger partial charge in [0.05, 0.1) is 5.41 Å². The van der Waals surface area contributed by atoms with Gasteiger partial charge in [-0.1, -0.05) is 6.07 Å². The summed E-state index contributed by atoms with van der Waals surface area (Å²) in [5.41, 5.74) is 0.401. The molecule has 0 saturated heterocycles. The summed E-state index contributed by atoms with van der Waals surface area (Å²) >= 11 is 0. The Kier molecular flexibility index (Phi) is 2.47. The van der Waals surface area contributed by atoms with Crippen LogP contribution in [0.25, 0.3) is 0 Å². The van der Waals surface area contributed by atoms with Gasteiger partial charge in [0.1, 0.15) is 0 Å². The van der Waals surface area contributed by atoms with E-state index < -0.39 is 11.4 Å². The molecule has 0 amide bonds. The highest BCUT2D eigenvalue weighted by Crippen LogP contribution is 2.47. The van der Waals surface area contributed by atoms with Crippen LogP contribution in [0.15, 0.2) is 24.5 Å². The predicted molar refractivity (Wildman–Crippen MR) is 56.4 cm³/mol. The van der Waals surface area contributed by atoms with E-state index in [4.69, 9.17) is 0 Å². The SMILES string of the molecule is CC(Cc1cccnc1)(C(=O)O)C1CC1. The number of nitrogens with zero attached hydrogens (tertiary/aromatic N) is 1. The third-order valence-electron chi connectivity index (χ3n) is 3.26. The summed E-state index contributed by atoms with van der Waals surface area (Å²) in [4.78, 5) is 15.3. The van der Waals surface area contributed by atoms with Crippen molar-refractivity contribution in [1.29, 1.82) is 0 Å². The minimum absolute atomic E-state index is 0.343. The van der Waals surface area contributed by atoms with Gasteiger partial charge in [0.2, 0.25) is 0 Å². The summed E-state index contributed by atoms with van der Waals surface area (Å²) in [5, 5.41) is 9.28. The number of hydrogen-bond donors (Lipinski definition) is 1. The first-order valence-electron chi connectivity index (χ1n) is 5.25. The summed E-state index contributed by atoms with van der Waals surface area (Å²) in [5.74, 6) is -0.343. The quantitative estimate of drug-likeness (QED) is 0.819. The smallest absolute Gasteiger partial charge is 0.309 e. The molecule has 1 atom stereocenters. The average Bonchev–Trinajstić information content (AvgIpc) is 3.02. The molecule has 0 aromatic carbocycles. The molecule has 1 fully saturated rings. The van der Waals surface area contributed by atoms with Crippen LogP contribution < -0.4 is 0 Å². The fraction of sp³-hybridized carbons (Fsp3) is 0.500. The highest BCUT2D eigenvalue weighted by atomic mass is 16.4. The number of rotatable bonds is 4. The zero-order valence-corrected chi connectivity index (χ0v) is 8.81. The summed E-state index contributed by atoms with van der Waals surface area (Å²) < 4.78 is 0. The second-order valence-corrected chi connectivity index (χ2v) is 4.53. The second-order valence-electron chi connectivity index (χ2n) is 4.53. The Morgan fingerprint density at radius 1 is 1.67 bits per heavy atom. The molecule has 3 nitrogen and oxygen atoms in total. The summed E-state index contributed by atoms with van der Waals surface area (Å²) in [7, 11) is 0. The summed E-state index contributed by atoms with van der Waals surface area (Å²) in [6.45, 7) is 1.85. The maximum absolute atomic E-state index is 11.3. The maximum atomic E-state index is 11.3. The van der Waals surface area contributed by atoms with Gasteiger partial charge in [-0.05, 0) is 43.7 Å². The number of carboxylic acids is 1. The van der Waals surface area contributed by atoms with Crippen LogP contribution in [0.2, 0.25) is 0 Å². The standard InChI is InChI=1S/C12H15NO2/c1-12(11(14)15,10-4-5-10)7-9-3-2-6-13-8-9/h2-3,6,8,10H,4-5,7H2,1H3,(H,14,15). The van der Waals surface area contributed by atoms with Crippen molar-refractivity contribution < 1.29 is 9.90 Å². The number of carbonyl (C=O) groups is 1. The second kappa shape index (κ2) is 3.65. The van der Waals surface area contributed by atoms with Gasteiger partial charge >= 0.3 is 5.97 Å². The van der Waals surface area contributed by atoms with Crippen molar-refractivity contribution in [3.8, 4) is 0 Å². The van der Waals surface area contributed by atoms with E-state index in [9.17, 15) is 9.90 Å². The van der Waals surface area contributed by atoms with E-state index >= 15 is 0 Å². The molecular weight excluding hydrogens is 190 g/mol. The Hall–Kier alpha value is -1.38. The molecule has 0 bridgehead atoms. The largest absolute Gasteiger partial charge is 0.481 e. The third kappa shape index (κ3) is 2.01. The normalized spacial score (nSPS) is 19.5. The van der Waals surface area contributed by atoms with Crippen molar-refractivity contribution in [2.24, 2.45) is 11.3 Å². The molecule has 1 heterocycles. The van der Waals surface area contributed by atoms with Crippen LogP contribution in [0.5, 0.6) is 0 Å². The van der Waals surface area contributed by atoms with E-state index in [-0.39, 0.29) is 0 Å². The van der Waals surface area contributed by atoms with Crippen LogP contribution in [-0.4, -0.2) is 16.1 Å². The van der Waals surface area contributed by atoms with Crippen LogP contribution in [0.3, 0.4) is 0 Å². The lowest BCUT2D eigenvalue weighted by molar-refractivity contribution is -0.149. The monoisotopic (exact) mass is 205 g/mol. The van der Waals surface area contributed by atoms with Gasteiger partial charge in [-0.2, -0.15) is 0 Å². The first-order valence-corrected chi connectivity index (χ1v) is 5.25. The fourth-order valence-corrected chi connectivity index (χ4v) is 2.04. The van der Waals surface area contributed by atoms with E-state index in [1.807, 2.05) is 19.1 Å². The first-order chi connectivity index (χ1) is 7.13. The van der Waals surface area contributed by atoms with Crippen molar-refractivity contribution in [1.82, 2.24) is 4.98 Å². The molecule has 80 valence electrons. The van der Waals surface area contributed by atoms with Crippen LogP contribution >= 0.6 is 0 Å². The van der Waals surface area contributed by atoms with Gasteiger partial charge in [0.15, 0.2) is 0 Å². The van der Waals surface area contributed by atoms with Crippen molar-refractivity contribution in [3.05, 3.63) is 30.1 Å². The van der Waals surface area contributed by atoms with E-state index in [2.05, 4.69) is 4.98 Å². The lowest BCUT2D eigenvalue weighted by Crippen LogP contribution is -2.32. The van der Waals surface area contributed by atoms with Crippen LogP contribution in [-0.2, 0) is 11.2 Å². The number of aromatic nitrogens is 1. The Balaban J connectivity index is 2.17. The van der Waals surface area contributed by atoms with Crippen molar-refractivity contribution >= 4 is 5.97 Å². The Morgan fingerprint density at radius 3 is 2.87 bits per heavy atom. The third-order valence-corrected chi connectivity index (χ3v) is 3.26. The van der Waals surface area contributed by atoms with Crippen LogP contribution in [0.1, 0.15) is 25.3 Å². The number of hydrogen-bond acceptors (Lipinski definition) is 2. The number of aliphatic carboxylic acids is 1. The molecule has 0 aliphatic heterocycles. The van der Waals surface area contributed by atoms with E-state index in [1.165, 1.54) is 0 Å². The van der Waals surface area contributed by atoms with Gasteiger partial charge in [-0.3, -0.25) is 9.78 Å². The Bertz CT molecular complexity index is 359. The lowest BCUT2D eigenvalue weighted by atomic mass is 9.79. The van der Waals surface area contributed by atoms with Gasteiger partial charge in [0, 0.05) is 12.4 Å². The summed E-state index contributed by atoms with van der Waals surface area (Å²) in [6.07, 6.45) is 6.13. The zero-order chi connectivity index (χ0) is 10.9. The molecule has 1 N–H and O–H groups in total. The molecule has 15 heavy (non-hydrogen) atoms. The molecule has 0 radical (unpaired) electrons. The van der Waals surface area contributed by atoms with Gasteiger partial charge in [-0.25, -0.2) is 0 Å². The number of pyridine rings is 1. The molecular formula is C12H15NO2. The van der Waals surface area contributed by atoms with Gasteiger partial charge in [0.25, 0.3) is 0 Å². The lowest BCUT2D eigenvalue weighted by Gasteiger charge is -2.24. The molecule has 1 saturated carbocycles. The molecule has 2 rings (SSSR count). The summed E-state index contributed by atoms with van der Waals surface area (Å²) in [6, 6.07) is 3.79. The molecule has 3 heteroatoms. The molecule has 1 unspecified atom stereocenters. The molecule has 1 aliphatic rings. The number of carboxylic acid groups (broad SMARTS) is 1. The van der Waals surface area contributed by atoms with E-state index in [1.54, 1.807) is 12.4 Å². The van der Waals surface area contributed by atoms with Crippen molar-refractivity contribution in [3.63, 3.8) is 0 Å². The van der Waals surface area contributed by atoms with Crippen molar-refractivity contribution in [2.75, 3.05) is 0 Å². The first kappa shape index (κ1) is 10.1. The van der Waals surface area contributed by atoms with Crippen molar-refractivity contribution in [2.45, 2.75) is 26.2 Å². The van der Waals surface area contributed by atoms with Crippen LogP contribution in [0.4, 0.5) is 0 Å². The minimum Gasteiger partial charge on any atom is -0.481 e. The van der Waals surface area contributed by atoms with Gasteiger partial charge < -0.3 is 5.11 Å². The fourth-order valence-electron chi connectivity index (χ4n) is 2.04. The van der Waals surface area contributed by atoms with Gasteiger partial charge in [-0.15, -0.1) is 0 Å². The zero-order valence-electron chi connectivity index (χ0n) is 8.81. The Labute approximate surface area is 89.2 Å². The Morgan fingerprint density at radius 2 is 2.40 bits per heavy atom. The average molecular weight is 205 g/mol. The van der Waals surface area contributed by atoms with E-state index in [0.717, 1.165) is 18.4 Å². The minimum atomic E-state index is -0.686. The molecule has 1 aliphatic carbocycles. The highest BCUT2D eigenvalue weighted by molar-refractivity contribution is 5.75.